The number of benzene rings is 1. The summed E-state index contributed by atoms with van der Waals surface area (Å²) in [4.78, 5) is 24.2. The molecule has 2 aromatic rings. The average Bonchev–Trinajstić information content (AvgIpc) is 2.48. The zero-order valence-electron chi connectivity index (χ0n) is 10.3. The molecule has 102 valence electrons. The fourth-order valence-corrected chi connectivity index (χ4v) is 2.04. The Morgan fingerprint density at radius 3 is 2.70 bits per heavy atom. The van der Waals surface area contributed by atoms with Crippen molar-refractivity contribution in [2.75, 3.05) is 5.75 Å². The third-order valence-electron chi connectivity index (χ3n) is 2.09. The third kappa shape index (κ3) is 5.10. The lowest BCUT2D eigenvalue weighted by Gasteiger charge is -1.97. The summed E-state index contributed by atoms with van der Waals surface area (Å²) >= 11 is 4.53. The number of carbonyl (C=O) groups excluding carboxylic acids is 1. The largest absolute Gasteiger partial charge is 0.345 e. The maximum Gasteiger partial charge on any atom is 0.345 e. The first kappa shape index (κ1) is 14.7. The monoisotopic (exact) mass is 351 g/mol. The Labute approximate surface area is 128 Å². The maximum absolute atomic E-state index is 11.4. The van der Waals surface area contributed by atoms with Gasteiger partial charge in [0.15, 0.2) is 5.16 Å². The van der Waals surface area contributed by atoms with E-state index in [2.05, 4.69) is 31.1 Å². The van der Waals surface area contributed by atoms with Gasteiger partial charge in [0.2, 0.25) is 0 Å². The molecule has 0 amide bonds. The van der Waals surface area contributed by atoms with E-state index in [0.717, 1.165) is 10.0 Å². The highest BCUT2D eigenvalue weighted by Crippen LogP contribution is 2.11. The Hall–Kier alpha value is -1.73. The average molecular weight is 352 g/mol. The van der Waals surface area contributed by atoms with E-state index in [0.29, 0.717) is 5.16 Å². The molecule has 0 saturated heterocycles. The van der Waals surface area contributed by atoms with Crippen LogP contribution in [0.25, 0.3) is 0 Å². The Balaban J connectivity index is 1.76. The molecule has 20 heavy (non-hydrogen) atoms. The summed E-state index contributed by atoms with van der Waals surface area (Å²) in [6.45, 7) is 0. The summed E-state index contributed by atoms with van der Waals surface area (Å²) in [5.74, 6) is -0.336. The van der Waals surface area contributed by atoms with Gasteiger partial charge in [-0.1, -0.05) is 45.0 Å². The number of thioether (sulfide) groups is 1. The van der Waals surface area contributed by atoms with Crippen LogP contribution < -0.4 is 0 Å². The minimum absolute atomic E-state index is 0.113. The van der Waals surface area contributed by atoms with Crippen molar-refractivity contribution in [1.29, 1.82) is 0 Å². The topological polar surface area (TPSA) is 64.4 Å². The standard InChI is InChI=1S/C13H10BrN3O2S/c14-11-4-2-10(3-5-11)8-17-19-12(18)9-20-13-15-6-1-7-16-13/h1-8H,9H2. The van der Waals surface area contributed by atoms with E-state index in [1.54, 1.807) is 18.5 Å². The second-order valence-corrected chi connectivity index (χ2v) is 5.43. The molecule has 0 N–H and O–H groups in total. The first-order valence-electron chi connectivity index (χ1n) is 5.62. The molecule has 1 aromatic carbocycles. The summed E-state index contributed by atoms with van der Waals surface area (Å²) < 4.78 is 0.978. The number of nitrogens with zero attached hydrogens (tertiary/aromatic N) is 3. The third-order valence-corrected chi connectivity index (χ3v) is 3.47. The molecule has 1 heterocycles. The lowest BCUT2D eigenvalue weighted by atomic mass is 10.2. The SMILES string of the molecule is O=C(CSc1ncccn1)ON=Cc1ccc(Br)cc1. The number of rotatable bonds is 5. The van der Waals surface area contributed by atoms with Gasteiger partial charge < -0.3 is 4.84 Å². The highest BCUT2D eigenvalue weighted by molar-refractivity contribution is 9.10. The van der Waals surface area contributed by atoms with E-state index in [-0.39, 0.29) is 5.75 Å². The van der Waals surface area contributed by atoms with E-state index in [1.165, 1.54) is 18.0 Å². The normalized spacial score (nSPS) is 10.7. The number of halogens is 1. The number of oxime groups is 1. The lowest BCUT2D eigenvalue weighted by Crippen LogP contribution is -2.03. The van der Waals surface area contributed by atoms with Crippen molar-refractivity contribution >= 4 is 39.9 Å². The first-order chi connectivity index (χ1) is 9.74. The van der Waals surface area contributed by atoms with Gasteiger partial charge in [-0.2, -0.15) is 0 Å². The van der Waals surface area contributed by atoms with Crippen molar-refractivity contribution in [2.45, 2.75) is 5.16 Å². The maximum atomic E-state index is 11.4. The quantitative estimate of drug-likeness (QED) is 0.272. The van der Waals surface area contributed by atoms with Crippen LogP contribution in [0.4, 0.5) is 0 Å². The molecule has 0 aliphatic carbocycles. The summed E-state index contributed by atoms with van der Waals surface area (Å²) in [5, 5.41) is 4.17. The van der Waals surface area contributed by atoms with Crippen molar-refractivity contribution in [3.63, 3.8) is 0 Å². The van der Waals surface area contributed by atoms with Crippen LogP contribution in [-0.2, 0) is 9.63 Å². The molecule has 2 rings (SSSR count). The van der Waals surface area contributed by atoms with Gasteiger partial charge in [-0.15, -0.1) is 0 Å². The van der Waals surface area contributed by atoms with Gasteiger partial charge >= 0.3 is 5.97 Å². The van der Waals surface area contributed by atoms with Crippen molar-refractivity contribution in [3.05, 3.63) is 52.8 Å². The molecule has 0 bridgehead atoms. The van der Waals surface area contributed by atoms with Crippen LogP contribution in [-0.4, -0.2) is 27.9 Å². The van der Waals surface area contributed by atoms with Gasteiger partial charge in [0, 0.05) is 16.9 Å². The van der Waals surface area contributed by atoms with Crippen molar-refractivity contribution in [1.82, 2.24) is 9.97 Å². The van der Waals surface area contributed by atoms with Gasteiger partial charge in [0.05, 0.1) is 6.21 Å². The van der Waals surface area contributed by atoms with Crippen molar-refractivity contribution in [2.24, 2.45) is 5.16 Å². The van der Waals surface area contributed by atoms with E-state index in [1.807, 2.05) is 24.3 Å². The Morgan fingerprint density at radius 1 is 1.30 bits per heavy atom. The van der Waals surface area contributed by atoms with Gasteiger partial charge in [0.1, 0.15) is 5.75 Å². The molecule has 0 radical (unpaired) electrons. The molecule has 7 heteroatoms. The lowest BCUT2D eigenvalue weighted by molar-refractivity contribution is -0.140. The number of hydrogen-bond acceptors (Lipinski definition) is 6. The van der Waals surface area contributed by atoms with Crippen molar-refractivity contribution < 1.29 is 9.63 Å². The van der Waals surface area contributed by atoms with Gasteiger partial charge in [-0.25, -0.2) is 14.8 Å². The van der Waals surface area contributed by atoms with Gasteiger partial charge in [0.25, 0.3) is 0 Å². The molecule has 0 aliphatic heterocycles. The highest BCUT2D eigenvalue weighted by atomic mass is 79.9. The predicted molar refractivity (Wildman–Crippen MR) is 80.6 cm³/mol. The molecule has 0 unspecified atom stereocenters. The molecule has 0 saturated carbocycles. The van der Waals surface area contributed by atoms with Crippen LogP contribution >= 0.6 is 27.7 Å². The molecule has 0 fully saturated rings. The summed E-state index contributed by atoms with van der Waals surface area (Å²) in [6, 6.07) is 9.18. The van der Waals surface area contributed by atoms with Crippen LogP contribution in [0.15, 0.2) is 57.5 Å². The van der Waals surface area contributed by atoms with Crippen LogP contribution in [0.3, 0.4) is 0 Å². The zero-order chi connectivity index (χ0) is 14.2. The molecular weight excluding hydrogens is 342 g/mol. The van der Waals surface area contributed by atoms with Crippen LogP contribution in [0.5, 0.6) is 0 Å². The van der Waals surface area contributed by atoms with Crippen LogP contribution in [0.2, 0.25) is 0 Å². The number of aromatic nitrogens is 2. The van der Waals surface area contributed by atoms with E-state index < -0.39 is 5.97 Å². The summed E-state index contributed by atoms with van der Waals surface area (Å²) in [7, 11) is 0. The number of hydrogen-bond donors (Lipinski definition) is 0. The fourth-order valence-electron chi connectivity index (χ4n) is 1.20. The Bertz CT molecular complexity index is 590. The highest BCUT2D eigenvalue weighted by Gasteiger charge is 2.05. The Kier molecular flexibility index (Phi) is 5.69. The van der Waals surface area contributed by atoms with Crippen LogP contribution in [0.1, 0.15) is 5.56 Å². The molecule has 5 nitrogen and oxygen atoms in total. The molecule has 0 atom stereocenters. The predicted octanol–water partition coefficient (Wildman–Crippen LogP) is 2.91. The van der Waals surface area contributed by atoms with E-state index in [9.17, 15) is 4.79 Å². The zero-order valence-corrected chi connectivity index (χ0v) is 12.7. The number of carbonyl (C=O) groups is 1. The minimum atomic E-state index is -0.448. The Morgan fingerprint density at radius 2 is 2.00 bits per heavy atom. The molecule has 0 aliphatic rings. The van der Waals surface area contributed by atoms with Crippen LogP contribution in [0, 0.1) is 0 Å². The summed E-state index contributed by atoms with van der Waals surface area (Å²) in [5.41, 5.74) is 0.847. The van der Waals surface area contributed by atoms with E-state index >= 15 is 0 Å². The fraction of sp³-hybridized carbons (Fsp3) is 0.0769. The van der Waals surface area contributed by atoms with Gasteiger partial charge in [-0.05, 0) is 23.8 Å². The van der Waals surface area contributed by atoms with Crippen molar-refractivity contribution in [3.8, 4) is 0 Å². The first-order valence-corrected chi connectivity index (χ1v) is 7.40. The minimum Gasteiger partial charge on any atom is -0.317 e. The smallest absolute Gasteiger partial charge is 0.317 e. The molecule has 0 spiro atoms. The second kappa shape index (κ2) is 7.76. The summed E-state index contributed by atoms with van der Waals surface area (Å²) in [6.07, 6.45) is 4.72. The van der Waals surface area contributed by atoms with E-state index in [4.69, 9.17) is 4.84 Å². The molecule has 1 aromatic heterocycles. The van der Waals surface area contributed by atoms with Gasteiger partial charge in [-0.3, -0.25) is 0 Å². The molecular formula is C13H10BrN3O2S. The second-order valence-electron chi connectivity index (χ2n) is 3.57.